The molecule has 3 rings (SSSR count). The molecule has 0 radical (unpaired) electrons. The van der Waals surface area contributed by atoms with E-state index in [2.05, 4.69) is 24.4 Å². The molecule has 0 aromatic heterocycles. The molecule has 0 bridgehead atoms. The molecular formula is C21H29N3O2. The molecule has 1 N–H and O–H groups in total. The second-order valence-corrected chi connectivity index (χ2v) is 7.15. The van der Waals surface area contributed by atoms with Crippen LogP contribution in [0.2, 0.25) is 0 Å². The quantitative estimate of drug-likeness (QED) is 0.821. The summed E-state index contributed by atoms with van der Waals surface area (Å²) in [5.74, 6) is 0.117. The van der Waals surface area contributed by atoms with Gasteiger partial charge in [0.05, 0.1) is 6.04 Å². The molecule has 1 fully saturated rings. The van der Waals surface area contributed by atoms with E-state index in [0.717, 1.165) is 49.9 Å². The van der Waals surface area contributed by atoms with E-state index in [1.54, 1.807) is 0 Å². The highest BCUT2D eigenvalue weighted by Crippen LogP contribution is 2.16. The van der Waals surface area contributed by atoms with Crippen molar-refractivity contribution in [1.29, 1.82) is 0 Å². The summed E-state index contributed by atoms with van der Waals surface area (Å²) in [4.78, 5) is 28.7. The molecule has 26 heavy (non-hydrogen) atoms. The number of piperidine rings is 1. The van der Waals surface area contributed by atoms with Gasteiger partial charge in [0.1, 0.15) is 0 Å². The zero-order valence-corrected chi connectivity index (χ0v) is 15.6. The fourth-order valence-corrected chi connectivity index (χ4v) is 3.68. The van der Waals surface area contributed by atoms with Gasteiger partial charge < -0.3 is 15.1 Å². The van der Waals surface area contributed by atoms with Gasteiger partial charge in [0.2, 0.25) is 0 Å². The number of benzene rings is 1. The van der Waals surface area contributed by atoms with Gasteiger partial charge in [-0.3, -0.25) is 4.79 Å². The predicted molar refractivity (Wildman–Crippen MR) is 103 cm³/mol. The molecule has 5 nitrogen and oxygen atoms in total. The van der Waals surface area contributed by atoms with E-state index in [0.29, 0.717) is 13.1 Å². The maximum atomic E-state index is 12.5. The summed E-state index contributed by atoms with van der Waals surface area (Å²) < 4.78 is 0. The first-order valence-corrected chi connectivity index (χ1v) is 9.78. The van der Waals surface area contributed by atoms with Crippen LogP contribution in [0, 0.1) is 0 Å². The van der Waals surface area contributed by atoms with Crippen molar-refractivity contribution in [2.75, 3.05) is 19.6 Å². The van der Waals surface area contributed by atoms with E-state index in [1.807, 2.05) is 34.1 Å². The van der Waals surface area contributed by atoms with Gasteiger partial charge in [-0.25, -0.2) is 4.79 Å². The highest BCUT2D eigenvalue weighted by molar-refractivity contribution is 5.94. The Labute approximate surface area is 156 Å². The summed E-state index contributed by atoms with van der Waals surface area (Å²) in [5.41, 5.74) is 1.74. The molecule has 0 unspecified atom stereocenters. The normalized spacial score (nSPS) is 19.7. The molecule has 2 aliphatic rings. The molecular weight excluding hydrogens is 326 g/mol. The van der Waals surface area contributed by atoms with Crippen molar-refractivity contribution in [3.63, 3.8) is 0 Å². The average Bonchev–Trinajstić information content (AvgIpc) is 3.15. The second-order valence-electron chi connectivity index (χ2n) is 7.15. The van der Waals surface area contributed by atoms with Gasteiger partial charge in [0, 0.05) is 31.7 Å². The number of hydrogen-bond donors (Lipinski definition) is 1. The van der Waals surface area contributed by atoms with Crippen molar-refractivity contribution in [1.82, 2.24) is 15.1 Å². The fourth-order valence-electron chi connectivity index (χ4n) is 3.68. The van der Waals surface area contributed by atoms with Crippen LogP contribution in [0.25, 0.3) is 0 Å². The molecule has 0 saturated carbocycles. The molecule has 1 saturated heterocycles. The Bertz CT molecular complexity index is 648. The van der Waals surface area contributed by atoms with Crippen molar-refractivity contribution in [3.05, 3.63) is 47.5 Å². The number of rotatable bonds is 5. The van der Waals surface area contributed by atoms with Crippen LogP contribution in [0.15, 0.2) is 36.4 Å². The predicted octanol–water partition coefficient (Wildman–Crippen LogP) is 3.56. The SMILES string of the molecule is CCC[C@@H]1C=CCN1C(=O)NCc1ccc(C(=O)N2CCCCC2)cc1. The van der Waals surface area contributed by atoms with Crippen molar-refractivity contribution in [3.8, 4) is 0 Å². The van der Waals surface area contributed by atoms with E-state index in [1.165, 1.54) is 6.42 Å². The number of urea groups is 1. The van der Waals surface area contributed by atoms with Gasteiger partial charge in [-0.05, 0) is 43.4 Å². The Balaban J connectivity index is 1.51. The van der Waals surface area contributed by atoms with Crippen LogP contribution in [0.4, 0.5) is 4.79 Å². The van der Waals surface area contributed by atoms with Crippen molar-refractivity contribution >= 4 is 11.9 Å². The summed E-state index contributed by atoms with van der Waals surface area (Å²) in [5, 5.41) is 2.99. The third kappa shape index (κ3) is 4.45. The molecule has 1 aromatic rings. The lowest BCUT2D eigenvalue weighted by atomic mass is 10.1. The average molecular weight is 355 g/mol. The number of hydrogen-bond acceptors (Lipinski definition) is 2. The molecule has 0 aliphatic carbocycles. The Hall–Kier alpha value is -2.30. The van der Waals surface area contributed by atoms with Gasteiger partial charge in [0.25, 0.3) is 5.91 Å². The highest BCUT2D eigenvalue weighted by atomic mass is 16.2. The Kier molecular flexibility index (Phi) is 6.31. The zero-order chi connectivity index (χ0) is 18.4. The molecule has 5 heteroatoms. The van der Waals surface area contributed by atoms with Gasteiger partial charge in [-0.15, -0.1) is 0 Å². The summed E-state index contributed by atoms with van der Waals surface area (Å²) in [6, 6.07) is 7.80. The molecule has 1 aromatic carbocycles. The third-order valence-electron chi connectivity index (χ3n) is 5.19. The maximum absolute atomic E-state index is 12.5. The molecule has 2 heterocycles. The smallest absolute Gasteiger partial charge is 0.318 e. The van der Waals surface area contributed by atoms with Gasteiger partial charge >= 0.3 is 6.03 Å². The minimum Gasteiger partial charge on any atom is -0.339 e. The van der Waals surface area contributed by atoms with Crippen LogP contribution in [0.5, 0.6) is 0 Å². The minimum absolute atomic E-state index is 0.0260. The van der Waals surface area contributed by atoms with Gasteiger partial charge in [0.15, 0.2) is 0 Å². The van der Waals surface area contributed by atoms with Gasteiger partial charge in [-0.2, -0.15) is 0 Å². The number of nitrogens with zero attached hydrogens (tertiary/aromatic N) is 2. The third-order valence-corrected chi connectivity index (χ3v) is 5.19. The maximum Gasteiger partial charge on any atom is 0.318 e. The van der Waals surface area contributed by atoms with Crippen LogP contribution >= 0.6 is 0 Å². The number of carbonyl (C=O) groups excluding carboxylic acids is 2. The molecule has 140 valence electrons. The zero-order valence-electron chi connectivity index (χ0n) is 15.6. The fraction of sp³-hybridized carbons (Fsp3) is 0.524. The number of nitrogens with one attached hydrogen (secondary N) is 1. The lowest BCUT2D eigenvalue weighted by molar-refractivity contribution is 0.0724. The largest absolute Gasteiger partial charge is 0.339 e. The van der Waals surface area contributed by atoms with Crippen LogP contribution in [-0.2, 0) is 6.54 Å². The first-order valence-electron chi connectivity index (χ1n) is 9.78. The standard InChI is InChI=1S/C21H29N3O2/c1-2-7-19-8-6-15-24(19)21(26)22-16-17-9-11-18(12-10-17)20(25)23-13-4-3-5-14-23/h6,8-12,19H,2-5,7,13-16H2,1H3,(H,22,26)/t19-/m1/s1. The Morgan fingerprint density at radius 3 is 2.54 bits per heavy atom. The molecule has 0 spiro atoms. The highest BCUT2D eigenvalue weighted by Gasteiger charge is 2.23. The summed E-state index contributed by atoms with van der Waals surface area (Å²) >= 11 is 0. The lowest BCUT2D eigenvalue weighted by Gasteiger charge is -2.26. The molecule has 3 amide bonds. The minimum atomic E-state index is -0.0260. The van der Waals surface area contributed by atoms with Crippen LogP contribution in [0.1, 0.15) is 54.9 Å². The topological polar surface area (TPSA) is 52.7 Å². The second kappa shape index (κ2) is 8.88. The van der Waals surface area contributed by atoms with Crippen molar-refractivity contribution < 1.29 is 9.59 Å². The van der Waals surface area contributed by atoms with Crippen molar-refractivity contribution in [2.45, 2.75) is 51.6 Å². The van der Waals surface area contributed by atoms with Crippen LogP contribution < -0.4 is 5.32 Å². The lowest BCUT2D eigenvalue weighted by Crippen LogP contribution is -2.42. The summed E-state index contributed by atoms with van der Waals surface area (Å²) in [7, 11) is 0. The monoisotopic (exact) mass is 355 g/mol. The Morgan fingerprint density at radius 1 is 1.12 bits per heavy atom. The van der Waals surface area contributed by atoms with E-state index < -0.39 is 0 Å². The van der Waals surface area contributed by atoms with E-state index in [4.69, 9.17) is 0 Å². The van der Waals surface area contributed by atoms with Crippen LogP contribution in [-0.4, -0.2) is 47.4 Å². The van der Waals surface area contributed by atoms with E-state index in [9.17, 15) is 9.59 Å². The van der Waals surface area contributed by atoms with Crippen LogP contribution in [0.3, 0.4) is 0 Å². The number of likely N-dealkylation sites (tertiary alicyclic amines) is 1. The van der Waals surface area contributed by atoms with Crippen molar-refractivity contribution in [2.24, 2.45) is 0 Å². The van der Waals surface area contributed by atoms with E-state index in [-0.39, 0.29) is 18.0 Å². The summed E-state index contributed by atoms with van der Waals surface area (Å²) in [6.07, 6.45) is 9.64. The molecule has 2 aliphatic heterocycles. The van der Waals surface area contributed by atoms with E-state index >= 15 is 0 Å². The van der Waals surface area contributed by atoms with Gasteiger partial charge in [-0.1, -0.05) is 37.6 Å². The number of carbonyl (C=O) groups is 2. The first kappa shape index (κ1) is 18.5. The number of amides is 3. The Morgan fingerprint density at radius 2 is 1.85 bits per heavy atom. The first-order chi connectivity index (χ1) is 12.7. The molecule has 1 atom stereocenters. The summed E-state index contributed by atoms with van der Waals surface area (Å²) in [6.45, 7) is 5.01.